The van der Waals surface area contributed by atoms with Gasteiger partial charge in [-0.3, -0.25) is 9.69 Å². The van der Waals surface area contributed by atoms with Crippen LogP contribution in [0.1, 0.15) is 30.4 Å². The van der Waals surface area contributed by atoms with Crippen molar-refractivity contribution in [1.29, 1.82) is 0 Å². The van der Waals surface area contributed by atoms with E-state index in [9.17, 15) is 4.79 Å². The number of carbonyl (C=O) groups is 1. The van der Waals surface area contributed by atoms with E-state index in [2.05, 4.69) is 36.1 Å². The van der Waals surface area contributed by atoms with Gasteiger partial charge >= 0.3 is 0 Å². The topological polar surface area (TPSA) is 36.4 Å². The third-order valence-corrected chi connectivity index (χ3v) is 6.39. The number of anilines is 1. The Hall–Kier alpha value is -1.92. The number of carbonyl (C=O) groups excluding carboxylic acids is 1. The highest BCUT2D eigenvalue weighted by atomic mass is 32.2. The third-order valence-electron chi connectivity index (χ3n) is 4.91. The SMILES string of the molecule is Cc1ccc2nc(N3CCCCC3)c(C=C3SC(=S)N(C)C3=O)cc2c1. The fourth-order valence-electron chi connectivity index (χ4n) is 3.45. The van der Waals surface area contributed by atoms with Crippen LogP contribution < -0.4 is 4.90 Å². The molecule has 3 heterocycles. The van der Waals surface area contributed by atoms with Crippen LogP contribution in [0.4, 0.5) is 5.82 Å². The molecule has 134 valence electrons. The zero-order chi connectivity index (χ0) is 18.3. The Morgan fingerprint density at radius 3 is 2.65 bits per heavy atom. The summed E-state index contributed by atoms with van der Waals surface area (Å²) in [6.45, 7) is 4.11. The van der Waals surface area contributed by atoms with Crippen LogP contribution in [0, 0.1) is 6.92 Å². The lowest BCUT2D eigenvalue weighted by atomic mass is 10.1. The van der Waals surface area contributed by atoms with Crippen LogP contribution in [0.25, 0.3) is 17.0 Å². The first-order chi connectivity index (χ1) is 12.5. The normalized spacial score (nSPS) is 19.8. The molecule has 2 aliphatic rings. The number of aromatic nitrogens is 1. The van der Waals surface area contributed by atoms with Gasteiger partial charge in [0.15, 0.2) is 0 Å². The van der Waals surface area contributed by atoms with E-state index in [-0.39, 0.29) is 5.91 Å². The highest BCUT2D eigenvalue weighted by molar-refractivity contribution is 8.26. The van der Waals surface area contributed by atoms with Gasteiger partial charge in [-0.25, -0.2) is 4.98 Å². The highest BCUT2D eigenvalue weighted by Gasteiger charge is 2.29. The Morgan fingerprint density at radius 1 is 1.19 bits per heavy atom. The van der Waals surface area contributed by atoms with Gasteiger partial charge in [0.25, 0.3) is 5.91 Å². The van der Waals surface area contributed by atoms with E-state index in [1.807, 2.05) is 6.08 Å². The van der Waals surface area contributed by atoms with Crippen molar-refractivity contribution in [2.45, 2.75) is 26.2 Å². The van der Waals surface area contributed by atoms with Crippen LogP contribution in [-0.2, 0) is 4.79 Å². The summed E-state index contributed by atoms with van der Waals surface area (Å²) in [5.41, 5.74) is 3.20. The van der Waals surface area contributed by atoms with Gasteiger partial charge in [-0.05, 0) is 50.5 Å². The smallest absolute Gasteiger partial charge is 0.265 e. The van der Waals surface area contributed by atoms with E-state index < -0.39 is 0 Å². The number of hydrogen-bond acceptors (Lipinski definition) is 5. The van der Waals surface area contributed by atoms with Crippen molar-refractivity contribution < 1.29 is 4.79 Å². The van der Waals surface area contributed by atoms with Crippen molar-refractivity contribution in [3.8, 4) is 0 Å². The van der Waals surface area contributed by atoms with E-state index in [0.29, 0.717) is 9.23 Å². The fourth-order valence-corrected chi connectivity index (χ4v) is 4.62. The minimum atomic E-state index is -0.0334. The molecule has 1 amide bonds. The van der Waals surface area contributed by atoms with Gasteiger partial charge in [0, 0.05) is 31.1 Å². The Kier molecular flexibility index (Phi) is 4.71. The Morgan fingerprint density at radius 2 is 1.96 bits per heavy atom. The second kappa shape index (κ2) is 7.00. The first-order valence-corrected chi connectivity index (χ1v) is 10.1. The number of thioether (sulfide) groups is 1. The number of aryl methyl sites for hydroxylation is 1. The molecule has 4 rings (SSSR count). The largest absolute Gasteiger partial charge is 0.356 e. The predicted octanol–water partition coefficient (Wildman–Crippen LogP) is 4.36. The summed E-state index contributed by atoms with van der Waals surface area (Å²) < 4.78 is 0.602. The number of rotatable bonds is 2. The summed E-state index contributed by atoms with van der Waals surface area (Å²) in [5, 5.41) is 1.10. The van der Waals surface area contributed by atoms with Crippen LogP contribution in [0.3, 0.4) is 0 Å². The van der Waals surface area contributed by atoms with E-state index in [4.69, 9.17) is 17.2 Å². The Labute approximate surface area is 163 Å². The zero-order valence-corrected chi connectivity index (χ0v) is 16.6. The maximum atomic E-state index is 12.4. The molecule has 4 nitrogen and oxygen atoms in total. The number of amides is 1. The lowest BCUT2D eigenvalue weighted by molar-refractivity contribution is -0.121. The number of likely N-dealkylation sites (N-methyl/N-ethyl adjacent to an activating group) is 1. The summed E-state index contributed by atoms with van der Waals surface area (Å²) in [7, 11) is 1.73. The minimum absolute atomic E-state index is 0.0334. The van der Waals surface area contributed by atoms with Crippen LogP contribution in [-0.4, -0.2) is 40.2 Å². The maximum absolute atomic E-state index is 12.4. The molecule has 0 aliphatic carbocycles. The molecule has 0 saturated carbocycles. The van der Waals surface area contributed by atoms with Gasteiger partial charge in [-0.1, -0.05) is 35.6 Å². The summed E-state index contributed by atoms with van der Waals surface area (Å²) in [6.07, 6.45) is 5.60. The molecule has 2 aromatic rings. The summed E-state index contributed by atoms with van der Waals surface area (Å²) >= 11 is 6.63. The van der Waals surface area contributed by atoms with E-state index >= 15 is 0 Å². The Bertz CT molecular complexity index is 932. The molecule has 2 saturated heterocycles. The molecule has 0 spiro atoms. The molecular weight excluding hydrogens is 362 g/mol. The monoisotopic (exact) mass is 383 g/mol. The average Bonchev–Trinajstić information content (AvgIpc) is 2.88. The summed E-state index contributed by atoms with van der Waals surface area (Å²) in [4.78, 5) is 22.0. The minimum Gasteiger partial charge on any atom is -0.356 e. The van der Waals surface area contributed by atoms with Crippen molar-refractivity contribution in [3.05, 3.63) is 40.3 Å². The van der Waals surface area contributed by atoms with Gasteiger partial charge in [-0.2, -0.15) is 0 Å². The van der Waals surface area contributed by atoms with Gasteiger partial charge in [-0.15, -0.1) is 0 Å². The molecule has 1 aromatic heterocycles. The van der Waals surface area contributed by atoms with Gasteiger partial charge in [0.05, 0.1) is 10.4 Å². The van der Waals surface area contributed by atoms with Crippen LogP contribution in [0.5, 0.6) is 0 Å². The Balaban J connectivity index is 1.85. The van der Waals surface area contributed by atoms with E-state index in [1.165, 1.54) is 41.5 Å². The number of thiocarbonyl (C=S) groups is 1. The molecule has 0 atom stereocenters. The van der Waals surface area contributed by atoms with E-state index in [1.54, 1.807) is 7.05 Å². The highest BCUT2D eigenvalue weighted by Crippen LogP contribution is 2.34. The van der Waals surface area contributed by atoms with E-state index in [0.717, 1.165) is 35.4 Å². The second-order valence-corrected chi connectivity index (χ2v) is 8.56. The summed E-state index contributed by atoms with van der Waals surface area (Å²) in [5.74, 6) is 0.941. The number of hydrogen-bond donors (Lipinski definition) is 0. The average molecular weight is 384 g/mol. The molecule has 6 heteroatoms. The van der Waals surface area contributed by atoms with Crippen LogP contribution >= 0.6 is 24.0 Å². The second-order valence-electron chi connectivity index (χ2n) is 6.89. The van der Waals surface area contributed by atoms with Gasteiger partial charge < -0.3 is 4.90 Å². The lowest BCUT2D eigenvalue weighted by Crippen LogP contribution is -2.30. The first-order valence-electron chi connectivity index (χ1n) is 8.91. The number of piperidine rings is 1. The predicted molar refractivity (Wildman–Crippen MR) is 113 cm³/mol. The van der Waals surface area contributed by atoms with Crippen LogP contribution in [0.15, 0.2) is 29.2 Å². The van der Waals surface area contributed by atoms with Gasteiger partial charge in [0.1, 0.15) is 10.1 Å². The molecule has 2 aliphatic heterocycles. The lowest BCUT2D eigenvalue weighted by Gasteiger charge is -2.29. The van der Waals surface area contributed by atoms with Crippen molar-refractivity contribution in [1.82, 2.24) is 9.88 Å². The standard InChI is InChI=1S/C20H21N3OS2/c1-13-6-7-16-14(10-13)11-15(12-17-19(24)22(2)20(25)26-17)18(21-16)23-8-4-3-5-9-23/h6-7,10-12H,3-5,8-9H2,1-2H3. The summed E-state index contributed by atoms with van der Waals surface area (Å²) in [6, 6.07) is 8.47. The molecular formula is C20H21N3OS2. The van der Waals surface area contributed by atoms with Crippen molar-refractivity contribution in [2.24, 2.45) is 0 Å². The van der Waals surface area contributed by atoms with Crippen molar-refractivity contribution in [2.75, 3.05) is 25.0 Å². The third kappa shape index (κ3) is 3.23. The number of benzene rings is 1. The van der Waals surface area contributed by atoms with Crippen molar-refractivity contribution >= 4 is 57.0 Å². The molecule has 26 heavy (non-hydrogen) atoms. The molecule has 2 fully saturated rings. The molecule has 1 aromatic carbocycles. The molecule has 0 bridgehead atoms. The molecule has 0 N–H and O–H groups in total. The van der Waals surface area contributed by atoms with Crippen molar-refractivity contribution in [3.63, 3.8) is 0 Å². The zero-order valence-electron chi connectivity index (χ0n) is 15.0. The fraction of sp³-hybridized carbons (Fsp3) is 0.350. The number of pyridine rings is 1. The maximum Gasteiger partial charge on any atom is 0.265 e. The van der Waals surface area contributed by atoms with Crippen LogP contribution in [0.2, 0.25) is 0 Å². The quantitative estimate of drug-likeness (QED) is 0.569. The number of fused-ring (bicyclic) bond motifs is 1. The first kappa shape index (κ1) is 17.5. The molecule has 0 radical (unpaired) electrons. The van der Waals surface area contributed by atoms with Gasteiger partial charge in [0.2, 0.25) is 0 Å². The number of nitrogens with zero attached hydrogens (tertiary/aromatic N) is 3. The molecule has 0 unspecified atom stereocenters.